The summed E-state index contributed by atoms with van der Waals surface area (Å²) < 4.78 is 40.8. The summed E-state index contributed by atoms with van der Waals surface area (Å²) in [6, 6.07) is 6.60. The van der Waals surface area contributed by atoms with Gasteiger partial charge < -0.3 is 10.3 Å². The van der Waals surface area contributed by atoms with Crippen LogP contribution in [0.3, 0.4) is 0 Å². The molecular weight excluding hydrogens is 271 g/mol. The number of aromatic amines is 1. The summed E-state index contributed by atoms with van der Waals surface area (Å²) in [7, 11) is 0. The Hall–Kier alpha value is -2.02. The number of H-pyrrole nitrogens is 1. The smallest absolute Gasteiger partial charge is 0.361 e. The van der Waals surface area contributed by atoms with Crippen LogP contribution in [0.15, 0.2) is 30.5 Å². The largest absolute Gasteiger partial charge is 0.420 e. The van der Waals surface area contributed by atoms with Crippen LogP contribution in [0.5, 0.6) is 0 Å². The lowest BCUT2D eigenvalue weighted by Crippen LogP contribution is -2.67. The van der Waals surface area contributed by atoms with Crippen molar-refractivity contribution in [3.63, 3.8) is 0 Å². The zero-order valence-corrected chi connectivity index (χ0v) is 10.3. The number of amides is 1. The van der Waals surface area contributed by atoms with Crippen molar-refractivity contribution in [1.82, 2.24) is 15.6 Å². The lowest BCUT2D eigenvalue weighted by atomic mass is 9.86. The summed E-state index contributed by atoms with van der Waals surface area (Å²) >= 11 is 0. The second kappa shape index (κ2) is 4.24. The lowest BCUT2D eigenvalue weighted by molar-refractivity contribution is -0.205. The molecule has 2 heterocycles. The van der Waals surface area contributed by atoms with Crippen LogP contribution in [-0.4, -0.2) is 30.2 Å². The van der Waals surface area contributed by atoms with Crippen molar-refractivity contribution in [3.05, 3.63) is 36.0 Å². The average molecular weight is 283 g/mol. The van der Waals surface area contributed by atoms with Crippen molar-refractivity contribution in [2.24, 2.45) is 0 Å². The van der Waals surface area contributed by atoms with Crippen LogP contribution in [0.4, 0.5) is 13.2 Å². The zero-order chi connectivity index (χ0) is 14.4. The minimum absolute atomic E-state index is 0.0603. The Balaban J connectivity index is 2.27. The molecule has 1 fully saturated rings. The maximum atomic E-state index is 13.6. The summed E-state index contributed by atoms with van der Waals surface area (Å²) in [4.78, 5) is 14.8. The summed E-state index contributed by atoms with van der Waals surface area (Å²) in [5, 5.41) is 5.04. The van der Waals surface area contributed by atoms with Crippen molar-refractivity contribution >= 4 is 16.8 Å². The highest BCUT2D eigenvalue weighted by molar-refractivity contribution is 5.96. The number of hydrogen-bond donors (Lipinski definition) is 3. The standard InChI is InChI=1S/C13H12F3N3O/c14-13(15,16)12(11(20)17-5-6-19-12)9-7-18-10-4-2-1-3-8(9)10/h1-4,7,18-19H,5-6H2,(H,17,20)/t12-/m0/s1. The quantitative estimate of drug-likeness (QED) is 0.745. The first-order chi connectivity index (χ1) is 9.47. The highest BCUT2D eigenvalue weighted by Gasteiger charge is 2.63. The molecule has 1 aliphatic heterocycles. The van der Waals surface area contributed by atoms with E-state index in [-0.39, 0.29) is 18.7 Å². The number of aromatic nitrogens is 1. The van der Waals surface area contributed by atoms with Gasteiger partial charge in [0.25, 0.3) is 5.91 Å². The number of para-hydroxylation sites is 1. The second-order valence-electron chi connectivity index (χ2n) is 4.68. The third kappa shape index (κ3) is 1.62. The Morgan fingerprint density at radius 2 is 1.90 bits per heavy atom. The van der Waals surface area contributed by atoms with Gasteiger partial charge >= 0.3 is 6.18 Å². The van der Waals surface area contributed by atoms with Gasteiger partial charge in [0.2, 0.25) is 5.54 Å². The van der Waals surface area contributed by atoms with Gasteiger partial charge in [0.15, 0.2) is 0 Å². The van der Waals surface area contributed by atoms with Crippen molar-refractivity contribution in [2.45, 2.75) is 11.7 Å². The Morgan fingerprint density at radius 1 is 1.15 bits per heavy atom. The Morgan fingerprint density at radius 3 is 2.60 bits per heavy atom. The average Bonchev–Trinajstić information content (AvgIpc) is 2.82. The molecule has 0 unspecified atom stereocenters. The van der Waals surface area contributed by atoms with E-state index in [1.165, 1.54) is 6.20 Å². The number of carbonyl (C=O) groups excluding carboxylic acids is 1. The summed E-state index contributed by atoms with van der Waals surface area (Å²) in [5.74, 6) is -1.07. The van der Waals surface area contributed by atoms with Crippen LogP contribution < -0.4 is 10.6 Å². The van der Waals surface area contributed by atoms with Crippen LogP contribution >= 0.6 is 0 Å². The Labute approximate surface area is 112 Å². The van der Waals surface area contributed by atoms with Gasteiger partial charge in [-0.1, -0.05) is 18.2 Å². The van der Waals surface area contributed by atoms with E-state index in [0.29, 0.717) is 10.9 Å². The minimum atomic E-state index is -4.73. The molecule has 7 heteroatoms. The zero-order valence-electron chi connectivity index (χ0n) is 10.3. The minimum Gasteiger partial charge on any atom is -0.361 e. The van der Waals surface area contributed by atoms with Gasteiger partial charge in [0.05, 0.1) is 0 Å². The maximum absolute atomic E-state index is 13.6. The summed E-state index contributed by atoms with van der Waals surface area (Å²) in [6.07, 6.45) is -3.49. The monoisotopic (exact) mass is 283 g/mol. The van der Waals surface area contributed by atoms with Crippen LogP contribution in [0.25, 0.3) is 10.9 Å². The van der Waals surface area contributed by atoms with Crippen molar-refractivity contribution in [3.8, 4) is 0 Å². The number of nitrogens with one attached hydrogen (secondary N) is 3. The summed E-state index contributed by atoms with van der Waals surface area (Å²) in [6.45, 7) is 0.240. The molecule has 20 heavy (non-hydrogen) atoms. The Bertz CT molecular complexity index is 664. The van der Waals surface area contributed by atoms with Crippen molar-refractivity contribution in [2.75, 3.05) is 13.1 Å². The number of benzene rings is 1. The first-order valence-electron chi connectivity index (χ1n) is 6.13. The Kier molecular flexibility index (Phi) is 2.75. The molecule has 1 saturated heterocycles. The highest BCUT2D eigenvalue weighted by Crippen LogP contribution is 2.42. The van der Waals surface area contributed by atoms with Crippen LogP contribution in [0.1, 0.15) is 5.56 Å². The first kappa shape index (κ1) is 13.0. The van der Waals surface area contributed by atoms with Gasteiger partial charge in [0, 0.05) is 35.8 Å². The number of hydrogen-bond acceptors (Lipinski definition) is 2. The van der Waals surface area contributed by atoms with Crippen LogP contribution in [-0.2, 0) is 10.3 Å². The third-order valence-corrected chi connectivity index (χ3v) is 3.56. The summed E-state index contributed by atoms with van der Waals surface area (Å²) in [5.41, 5.74) is -2.24. The van der Waals surface area contributed by atoms with Crippen LogP contribution in [0.2, 0.25) is 0 Å². The predicted octanol–water partition coefficient (Wildman–Crippen LogP) is 1.64. The maximum Gasteiger partial charge on any atom is 0.420 e. The molecule has 106 valence electrons. The molecule has 1 aromatic carbocycles. The number of carbonyl (C=O) groups is 1. The predicted molar refractivity (Wildman–Crippen MR) is 67.0 cm³/mol. The third-order valence-electron chi connectivity index (χ3n) is 3.56. The number of fused-ring (bicyclic) bond motifs is 1. The fourth-order valence-electron chi connectivity index (χ4n) is 2.62. The molecule has 4 nitrogen and oxygen atoms in total. The molecule has 1 aromatic heterocycles. The SMILES string of the molecule is O=C1NCCN[C@]1(c1c[nH]c2ccccc12)C(F)(F)F. The van der Waals surface area contributed by atoms with Gasteiger partial charge in [-0.2, -0.15) is 13.2 Å². The molecule has 3 rings (SSSR count). The number of halogens is 3. The van der Waals surface area contributed by atoms with E-state index in [4.69, 9.17) is 0 Å². The lowest BCUT2D eigenvalue weighted by Gasteiger charge is -2.38. The second-order valence-corrected chi connectivity index (χ2v) is 4.68. The van der Waals surface area contributed by atoms with E-state index >= 15 is 0 Å². The number of piperazine rings is 1. The normalized spacial score (nSPS) is 23.9. The number of alkyl halides is 3. The molecule has 0 bridgehead atoms. The van der Waals surface area contributed by atoms with Crippen molar-refractivity contribution in [1.29, 1.82) is 0 Å². The van der Waals surface area contributed by atoms with Gasteiger partial charge in [-0.3, -0.25) is 10.1 Å². The molecule has 1 aliphatic rings. The number of rotatable bonds is 1. The molecule has 0 saturated carbocycles. The van der Waals surface area contributed by atoms with Crippen molar-refractivity contribution < 1.29 is 18.0 Å². The molecule has 0 spiro atoms. The molecule has 0 aliphatic carbocycles. The molecule has 0 radical (unpaired) electrons. The fourth-order valence-corrected chi connectivity index (χ4v) is 2.62. The highest BCUT2D eigenvalue weighted by atomic mass is 19.4. The van der Waals surface area contributed by atoms with Gasteiger partial charge in [-0.05, 0) is 6.07 Å². The molecule has 1 amide bonds. The van der Waals surface area contributed by atoms with Crippen LogP contribution in [0, 0.1) is 0 Å². The molecule has 3 N–H and O–H groups in total. The fraction of sp³-hybridized carbons (Fsp3) is 0.308. The van der Waals surface area contributed by atoms with Gasteiger partial charge in [0.1, 0.15) is 0 Å². The topological polar surface area (TPSA) is 56.9 Å². The molecule has 1 atom stereocenters. The van der Waals surface area contributed by atoms with E-state index in [1.54, 1.807) is 24.3 Å². The van der Waals surface area contributed by atoms with Gasteiger partial charge in [-0.15, -0.1) is 0 Å². The van der Waals surface area contributed by atoms with E-state index in [1.807, 2.05) is 0 Å². The van der Waals surface area contributed by atoms with Gasteiger partial charge in [-0.25, -0.2) is 0 Å². The first-order valence-corrected chi connectivity index (χ1v) is 6.13. The van der Waals surface area contributed by atoms with E-state index in [9.17, 15) is 18.0 Å². The van der Waals surface area contributed by atoms with E-state index < -0.39 is 17.6 Å². The van der Waals surface area contributed by atoms with E-state index in [0.717, 1.165) is 0 Å². The van der Waals surface area contributed by atoms with E-state index in [2.05, 4.69) is 15.6 Å². The molecular formula is C13H12F3N3O. The molecule has 2 aromatic rings.